The fraction of sp³-hybridized carbons (Fsp3) is 0.652. The average molecular weight is 373 g/mol. The van der Waals surface area contributed by atoms with Crippen LogP contribution in [0.25, 0.3) is 0 Å². The molecule has 1 fully saturated rings. The van der Waals surface area contributed by atoms with E-state index in [9.17, 15) is 9.59 Å². The molecular formula is C23H36N2O2. The molecule has 0 saturated heterocycles. The summed E-state index contributed by atoms with van der Waals surface area (Å²) in [5.74, 6) is 0.868. The summed E-state index contributed by atoms with van der Waals surface area (Å²) in [6.45, 7) is 8.40. The number of likely N-dealkylation sites (N-methyl/N-ethyl adjacent to an activating group) is 1. The molecule has 4 nitrogen and oxygen atoms in total. The molecule has 0 spiro atoms. The zero-order valence-corrected chi connectivity index (χ0v) is 17.7. The average Bonchev–Trinajstić information content (AvgIpc) is 2.62. The molecule has 1 aliphatic carbocycles. The van der Waals surface area contributed by atoms with Gasteiger partial charge in [-0.3, -0.25) is 9.59 Å². The number of aryl methyl sites for hydroxylation is 3. The van der Waals surface area contributed by atoms with Crippen LogP contribution in [0.1, 0.15) is 68.6 Å². The van der Waals surface area contributed by atoms with Crippen LogP contribution in [0.5, 0.6) is 0 Å². The van der Waals surface area contributed by atoms with Crippen molar-refractivity contribution in [1.29, 1.82) is 0 Å². The molecule has 4 heteroatoms. The third-order valence-electron chi connectivity index (χ3n) is 5.86. The Morgan fingerprint density at radius 1 is 1.07 bits per heavy atom. The number of amides is 2. The third kappa shape index (κ3) is 6.08. The highest BCUT2D eigenvalue weighted by molar-refractivity contribution is 5.96. The lowest BCUT2D eigenvalue weighted by Crippen LogP contribution is -2.39. The highest BCUT2D eigenvalue weighted by atomic mass is 16.2. The van der Waals surface area contributed by atoms with Gasteiger partial charge in [-0.05, 0) is 63.5 Å². The molecule has 0 unspecified atom stereocenters. The van der Waals surface area contributed by atoms with Gasteiger partial charge in [-0.25, -0.2) is 0 Å². The van der Waals surface area contributed by atoms with Gasteiger partial charge in [-0.15, -0.1) is 0 Å². The van der Waals surface area contributed by atoms with Crippen LogP contribution in [-0.2, 0) is 9.59 Å². The predicted molar refractivity (Wildman–Crippen MR) is 112 cm³/mol. The molecule has 1 N–H and O–H groups in total. The van der Waals surface area contributed by atoms with Gasteiger partial charge in [0.2, 0.25) is 11.8 Å². The van der Waals surface area contributed by atoms with Gasteiger partial charge in [0.25, 0.3) is 0 Å². The zero-order chi connectivity index (χ0) is 20.0. The lowest BCUT2D eigenvalue weighted by molar-refractivity contribution is -0.138. The Kier molecular flexibility index (Phi) is 7.88. The number of rotatable bonds is 7. The van der Waals surface area contributed by atoms with Gasteiger partial charge in [0.05, 0.1) is 6.54 Å². The van der Waals surface area contributed by atoms with Gasteiger partial charge in [-0.1, -0.05) is 43.9 Å². The van der Waals surface area contributed by atoms with Gasteiger partial charge < -0.3 is 10.2 Å². The van der Waals surface area contributed by atoms with E-state index < -0.39 is 0 Å². The fourth-order valence-electron chi connectivity index (χ4n) is 4.35. The van der Waals surface area contributed by atoms with E-state index in [1.165, 1.54) is 24.8 Å². The van der Waals surface area contributed by atoms with Crippen molar-refractivity contribution in [2.24, 2.45) is 11.8 Å². The number of anilines is 1. The number of unbranched alkanes of at least 4 members (excludes halogenated alkanes) is 1. The molecule has 2 rings (SSSR count). The maximum absolute atomic E-state index is 12.7. The van der Waals surface area contributed by atoms with E-state index in [1.807, 2.05) is 13.8 Å². The number of carbonyl (C=O) groups excluding carboxylic acids is 2. The predicted octanol–water partition coefficient (Wildman–Crippen LogP) is 5.01. The Hall–Kier alpha value is -1.84. The largest absolute Gasteiger partial charge is 0.336 e. The van der Waals surface area contributed by atoms with Crippen LogP contribution in [0.4, 0.5) is 5.69 Å². The van der Waals surface area contributed by atoms with Crippen LogP contribution >= 0.6 is 0 Å². The molecule has 0 atom stereocenters. The van der Waals surface area contributed by atoms with E-state index in [1.54, 1.807) is 11.9 Å². The smallest absolute Gasteiger partial charge is 0.243 e. The lowest BCUT2D eigenvalue weighted by Gasteiger charge is -2.30. The molecule has 1 saturated carbocycles. The van der Waals surface area contributed by atoms with Crippen molar-refractivity contribution >= 4 is 17.5 Å². The molecule has 0 heterocycles. The minimum atomic E-state index is -0.127. The standard InChI is InChI=1S/C23H36N2O2/c1-6-7-8-19-9-11-20(12-10-19)23(27)25(5)15-21(26)24-22-17(3)13-16(2)14-18(22)4/h13-14,19-20H,6-12,15H2,1-5H3,(H,24,26). The van der Waals surface area contributed by atoms with Crippen molar-refractivity contribution < 1.29 is 9.59 Å². The lowest BCUT2D eigenvalue weighted by atomic mass is 9.79. The van der Waals surface area contributed by atoms with Crippen molar-refractivity contribution in [3.05, 3.63) is 28.8 Å². The summed E-state index contributed by atoms with van der Waals surface area (Å²) in [4.78, 5) is 26.8. The van der Waals surface area contributed by atoms with Crippen LogP contribution < -0.4 is 5.32 Å². The molecule has 0 radical (unpaired) electrons. The van der Waals surface area contributed by atoms with E-state index in [2.05, 4.69) is 31.3 Å². The Balaban J connectivity index is 1.85. The SMILES string of the molecule is CCCCC1CCC(C(=O)N(C)CC(=O)Nc2c(C)cc(C)cc2C)CC1. The first-order chi connectivity index (χ1) is 12.8. The van der Waals surface area contributed by atoms with Crippen LogP contribution in [0, 0.1) is 32.6 Å². The monoisotopic (exact) mass is 372 g/mol. The number of benzene rings is 1. The summed E-state index contributed by atoms with van der Waals surface area (Å²) in [5, 5.41) is 2.99. The summed E-state index contributed by atoms with van der Waals surface area (Å²) in [6, 6.07) is 4.13. The second kappa shape index (κ2) is 9.91. The molecule has 0 aromatic heterocycles. The minimum Gasteiger partial charge on any atom is -0.336 e. The fourth-order valence-corrected chi connectivity index (χ4v) is 4.35. The van der Waals surface area contributed by atoms with E-state index >= 15 is 0 Å². The Bertz CT molecular complexity index is 637. The normalized spacial score (nSPS) is 19.6. The molecular weight excluding hydrogens is 336 g/mol. The molecule has 2 amide bonds. The van der Waals surface area contributed by atoms with Gasteiger partial charge in [-0.2, -0.15) is 0 Å². The van der Waals surface area contributed by atoms with Crippen LogP contribution in [0.2, 0.25) is 0 Å². The number of hydrogen-bond acceptors (Lipinski definition) is 2. The summed E-state index contributed by atoms with van der Waals surface area (Å²) in [5.41, 5.74) is 4.16. The van der Waals surface area contributed by atoms with Gasteiger partial charge in [0.15, 0.2) is 0 Å². The topological polar surface area (TPSA) is 49.4 Å². The third-order valence-corrected chi connectivity index (χ3v) is 5.86. The molecule has 0 bridgehead atoms. The molecule has 0 aliphatic heterocycles. The first-order valence-electron chi connectivity index (χ1n) is 10.4. The Morgan fingerprint density at radius 2 is 1.67 bits per heavy atom. The van der Waals surface area contributed by atoms with E-state index in [4.69, 9.17) is 0 Å². The Labute approximate surface area is 164 Å². The summed E-state index contributed by atoms with van der Waals surface area (Å²) >= 11 is 0. The number of nitrogens with zero attached hydrogens (tertiary/aromatic N) is 1. The molecule has 1 aliphatic rings. The summed E-state index contributed by atoms with van der Waals surface area (Å²) in [6.07, 6.45) is 8.07. The van der Waals surface area contributed by atoms with Gasteiger partial charge in [0.1, 0.15) is 0 Å². The molecule has 150 valence electrons. The van der Waals surface area contributed by atoms with Gasteiger partial charge >= 0.3 is 0 Å². The first kappa shape index (κ1) is 21.5. The minimum absolute atomic E-state index is 0.0866. The quantitative estimate of drug-likeness (QED) is 0.732. The molecule has 27 heavy (non-hydrogen) atoms. The second-order valence-electron chi connectivity index (χ2n) is 8.38. The first-order valence-corrected chi connectivity index (χ1v) is 10.4. The highest BCUT2D eigenvalue weighted by Crippen LogP contribution is 2.32. The van der Waals surface area contributed by atoms with Crippen molar-refractivity contribution in [3.8, 4) is 0 Å². The molecule has 1 aromatic carbocycles. The summed E-state index contributed by atoms with van der Waals surface area (Å²) in [7, 11) is 1.75. The van der Waals surface area contributed by atoms with Crippen molar-refractivity contribution in [3.63, 3.8) is 0 Å². The van der Waals surface area contributed by atoms with Gasteiger partial charge in [0, 0.05) is 18.7 Å². The molecule has 1 aromatic rings. The second-order valence-corrected chi connectivity index (χ2v) is 8.38. The highest BCUT2D eigenvalue weighted by Gasteiger charge is 2.28. The number of nitrogens with one attached hydrogen (secondary N) is 1. The maximum Gasteiger partial charge on any atom is 0.243 e. The van der Waals surface area contributed by atoms with Crippen LogP contribution in [-0.4, -0.2) is 30.3 Å². The Morgan fingerprint density at radius 3 is 2.22 bits per heavy atom. The summed E-state index contributed by atoms with van der Waals surface area (Å²) < 4.78 is 0. The van der Waals surface area contributed by atoms with E-state index in [-0.39, 0.29) is 24.3 Å². The number of hydrogen-bond donors (Lipinski definition) is 1. The van der Waals surface area contributed by atoms with Crippen LogP contribution in [0.15, 0.2) is 12.1 Å². The van der Waals surface area contributed by atoms with Crippen molar-refractivity contribution in [2.75, 3.05) is 18.9 Å². The zero-order valence-electron chi connectivity index (χ0n) is 17.7. The van der Waals surface area contributed by atoms with Crippen molar-refractivity contribution in [1.82, 2.24) is 4.90 Å². The van der Waals surface area contributed by atoms with Crippen molar-refractivity contribution in [2.45, 2.75) is 72.6 Å². The van der Waals surface area contributed by atoms with Crippen LogP contribution in [0.3, 0.4) is 0 Å². The number of carbonyl (C=O) groups is 2. The van der Waals surface area contributed by atoms with E-state index in [0.717, 1.165) is 48.4 Å². The van der Waals surface area contributed by atoms with E-state index in [0.29, 0.717) is 0 Å². The maximum atomic E-state index is 12.7.